The van der Waals surface area contributed by atoms with Crippen molar-refractivity contribution >= 4 is 5.82 Å². The maximum absolute atomic E-state index is 4.79. The number of pyridine rings is 1. The van der Waals surface area contributed by atoms with Gasteiger partial charge >= 0.3 is 0 Å². The van der Waals surface area contributed by atoms with Crippen molar-refractivity contribution in [2.45, 2.75) is 46.7 Å². The zero-order valence-corrected chi connectivity index (χ0v) is 12.9. The first-order valence-electron chi connectivity index (χ1n) is 7.31. The van der Waals surface area contributed by atoms with E-state index in [4.69, 9.17) is 4.98 Å². The third-order valence-corrected chi connectivity index (χ3v) is 3.90. The van der Waals surface area contributed by atoms with E-state index in [1.54, 1.807) is 0 Å². The minimum Gasteiger partial charge on any atom is -0.356 e. The molecule has 1 N–H and O–H groups in total. The number of nitrogens with zero attached hydrogens (tertiary/aromatic N) is 2. The maximum Gasteiger partial charge on any atom is 0.128 e. The van der Waals surface area contributed by atoms with Crippen molar-refractivity contribution in [3.8, 4) is 0 Å². The highest BCUT2D eigenvalue weighted by atomic mass is 15.2. The maximum atomic E-state index is 4.79. The summed E-state index contributed by atoms with van der Waals surface area (Å²) in [6.45, 7) is 14.3. The average molecular weight is 261 g/mol. The smallest absolute Gasteiger partial charge is 0.128 e. The van der Waals surface area contributed by atoms with Crippen LogP contribution in [0.5, 0.6) is 0 Å². The average Bonchev–Trinajstić information content (AvgIpc) is 2.67. The number of anilines is 1. The fourth-order valence-electron chi connectivity index (χ4n) is 2.41. The van der Waals surface area contributed by atoms with Crippen molar-refractivity contribution in [2.75, 3.05) is 18.0 Å². The van der Waals surface area contributed by atoms with Gasteiger partial charge in [0.25, 0.3) is 0 Å². The lowest BCUT2D eigenvalue weighted by molar-refractivity contribution is 0.421. The lowest BCUT2D eigenvalue weighted by atomic mass is 10.0. The second kappa shape index (κ2) is 5.49. The van der Waals surface area contributed by atoms with E-state index in [9.17, 15) is 0 Å². The molecular weight excluding hydrogens is 234 g/mol. The van der Waals surface area contributed by atoms with E-state index in [1.807, 2.05) is 0 Å². The second-order valence-corrected chi connectivity index (χ2v) is 6.95. The number of nitrogens with one attached hydrogen (secondary N) is 1. The van der Waals surface area contributed by atoms with E-state index in [0.29, 0.717) is 0 Å². The normalized spacial score (nSPS) is 23.9. The van der Waals surface area contributed by atoms with Gasteiger partial charge in [-0.15, -0.1) is 0 Å². The van der Waals surface area contributed by atoms with E-state index in [-0.39, 0.29) is 5.54 Å². The molecule has 1 saturated heterocycles. The highest BCUT2D eigenvalue weighted by Crippen LogP contribution is 2.26. The van der Waals surface area contributed by atoms with Gasteiger partial charge in [-0.25, -0.2) is 4.98 Å². The van der Waals surface area contributed by atoms with E-state index >= 15 is 0 Å². The molecule has 3 nitrogen and oxygen atoms in total. The quantitative estimate of drug-likeness (QED) is 0.906. The van der Waals surface area contributed by atoms with Crippen LogP contribution in [0.3, 0.4) is 0 Å². The number of hydrogen-bond donors (Lipinski definition) is 1. The lowest BCUT2D eigenvalue weighted by Crippen LogP contribution is -2.35. The van der Waals surface area contributed by atoms with Gasteiger partial charge in [0.05, 0.1) is 5.69 Å². The number of hydrogen-bond acceptors (Lipinski definition) is 3. The summed E-state index contributed by atoms with van der Waals surface area (Å²) in [5, 5.41) is 3.49. The first-order chi connectivity index (χ1) is 8.85. The predicted octanol–water partition coefficient (Wildman–Crippen LogP) is 3.06. The summed E-state index contributed by atoms with van der Waals surface area (Å²) < 4.78 is 0. The van der Waals surface area contributed by atoms with Gasteiger partial charge in [-0.3, -0.25) is 0 Å². The van der Waals surface area contributed by atoms with Gasteiger partial charge in [-0.2, -0.15) is 0 Å². The summed E-state index contributed by atoms with van der Waals surface area (Å²) in [6.07, 6.45) is 0. The molecule has 19 heavy (non-hydrogen) atoms. The van der Waals surface area contributed by atoms with Crippen LogP contribution in [0.1, 0.15) is 40.3 Å². The number of rotatable bonds is 3. The topological polar surface area (TPSA) is 28.2 Å². The Morgan fingerprint density at radius 1 is 1.21 bits per heavy atom. The van der Waals surface area contributed by atoms with Crippen molar-refractivity contribution in [1.82, 2.24) is 10.3 Å². The summed E-state index contributed by atoms with van der Waals surface area (Å²) >= 11 is 0. The van der Waals surface area contributed by atoms with Gasteiger partial charge in [0.2, 0.25) is 0 Å². The molecule has 1 aliphatic rings. The molecule has 2 atom stereocenters. The van der Waals surface area contributed by atoms with E-state index in [0.717, 1.165) is 43.0 Å². The summed E-state index contributed by atoms with van der Waals surface area (Å²) in [5.74, 6) is 2.65. The SMILES string of the molecule is CC1CN(c2cccc(CNC(C)(C)C)n2)CC1C. The number of aromatic nitrogens is 1. The third kappa shape index (κ3) is 3.93. The Balaban J connectivity index is 2.03. The molecule has 1 aromatic heterocycles. The van der Waals surface area contributed by atoms with Crippen LogP contribution in [0.25, 0.3) is 0 Å². The summed E-state index contributed by atoms with van der Waals surface area (Å²) in [6, 6.07) is 6.35. The summed E-state index contributed by atoms with van der Waals surface area (Å²) in [4.78, 5) is 7.20. The third-order valence-electron chi connectivity index (χ3n) is 3.90. The van der Waals surface area contributed by atoms with Gasteiger partial charge < -0.3 is 10.2 Å². The molecule has 0 aliphatic carbocycles. The Morgan fingerprint density at radius 2 is 1.84 bits per heavy atom. The molecule has 0 bridgehead atoms. The molecule has 0 amide bonds. The first kappa shape index (κ1) is 14.3. The Hall–Kier alpha value is -1.09. The summed E-state index contributed by atoms with van der Waals surface area (Å²) in [5.41, 5.74) is 1.26. The van der Waals surface area contributed by atoms with E-state index < -0.39 is 0 Å². The standard InChI is InChI=1S/C16H27N3/c1-12-10-19(11-13(12)2)15-8-6-7-14(18-15)9-17-16(3,4)5/h6-8,12-13,17H,9-11H2,1-5H3. The molecule has 1 aromatic rings. The Kier molecular flexibility index (Phi) is 4.14. The molecule has 0 aromatic carbocycles. The Labute approximate surface area is 117 Å². The fourth-order valence-corrected chi connectivity index (χ4v) is 2.41. The van der Waals surface area contributed by atoms with Crippen LogP contribution in [0, 0.1) is 11.8 Å². The van der Waals surface area contributed by atoms with Crippen molar-refractivity contribution in [3.63, 3.8) is 0 Å². The summed E-state index contributed by atoms with van der Waals surface area (Å²) in [7, 11) is 0. The Bertz CT molecular complexity index is 412. The monoisotopic (exact) mass is 261 g/mol. The van der Waals surface area contributed by atoms with Crippen molar-refractivity contribution in [3.05, 3.63) is 23.9 Å². The Morgan fingerprint density at radius 3 is 2.42 bits per heavy atom. The highest BCUT2D eigenvalue weighted by molar-refractivity contribution is 5.40. The van der Waals surface area contributed by atoms with Crippen LogP contribution in [0.15, 0.2) is 18.2 Å². The fraction of sp³-hybridized carbons (Fsp3) is 0.688. The van der Waals surface area contributed by atoms with Crippen LogP contribution >= 0.6 is 0 Å². The molecule has 2 unspecified atom stereocenters. The van der Waals surface area contributed by atoms with Crippen LogP contribution in [-0.4, -0.2) is 23.6 Å². The van der Waals surface area contributed by atoms with E-state index in [1.165, 1.54) is 0 Å². The van der Waals surface area contributed by atoms with E-state index in [2.05, 4.69) is 63.0 Å². The zero-order chi connectivity index (χ0) is 14.0. The molecule has 0 radical (unpaired) electrons. The van der Waals surface area contributed by atoms with Crippen LogP contribution in [0.2, 0.25) is 0 Å². The molecule has 0 spiro atoms. The van der Waals surface area contributed by atoms with Gasteiger partial charge in [-0.05, 0) is 44.7 Å². The highest BCUT2D eigenvalue weighted by Gasteiger charge is 2.26. The van der Waals surface area contributed by atoms with Crippen LogP contribution < -0.4 is 10.2 Å². The molecular formula is C16H27N3. The van der Waals surface area contributed by atoms with Gasteiger partial charge in [0, 0.05) is 25.2 Å². The zero-order valence-electron chi connectivity index (χ0n) is 12.9. The van der Waals surface area contributed by atoms with Gasteiger partial charge in [-0.1, -0.05) is 19.9 Å². The molecule has 2 rings (SSSR count). The van der Waals surface area contributed by atoms with Crippen molar-refractivity contribution < 1.29 is 0 Å². The largest absolute Gasteiger partial charge is 0.356 e. The molecule has 1 aliphatic heterocycles. The predicted molar refractivity (Wildman–Crippen MR) is 81.4 cm³/mol. The lowest BCUT2D eigenvalue weighted by Gasteiger charge is -2.21. The molecule has 1 fully saturated rings. The van der Waals surface area contributed by atoms with Gasteiger partial charge in [0.15, 0.2) is 0 Å². The van der Waals surface area contributed by atoms with Crippen molar-refractivity contribution in [1.29, 1.82) is 0 Å². The minimum atomic E-state index is 0.133. The van der Waals surface area contributed by atoms with Crippen molar-refractivity contribution in [2.24, 2.45) is 11.8 Å². The first-order valence-corrected chi connectivity index (χ1v) is 7.31. The van der Waals surface area contributed by atoms with Crippen LogP contribution in [-0.2, 0) is 6.54 Å². The van der Waals surface area contributed by atoms with Crippen LogP contribution in [0.4, 0.5) is 5.82 Å². The molecule has 3 heteroatoms. The van der Waals surface area contributed by atoms with Gasteiger partial charge in [0.1, 0.15) is 5.82 Å². The molecule has 2 heterocycles. The minimum absolute atomic E-state index is 0.133. The molecule has 106 valence electrons. The second-order valence-electron chi connectivity index (χ2n) is 6.95. The molecule has 0 saturated carbocycles.